The van der Waals surface area contributed by atoms with Crippen molar-refractivity contribution in [1.29, 1.82) is 0 Å². The molecule has 1 aliphatic rings. The molecule has 2 aromatic heterocycles. The Morgan fingerprint density at radius 2 is 2.04 bits per heavy atom. The van der Waals surface area contributed by atoms with E-state index in [9.17, 15) is 13.2 Å². The van der Waals surface area contributed by atoms with Gasteiger partial charge in [0.25, 0.3) is 5.91 Å². The number of hydrogen-bond acceptors (Lipinski definition) is 7. The Labute approximate surface area is 151 Å². The summed E-state index contributed by atoms with van der Waals surface area (Å²) in [5.41, 5.74) is 1.45. The van der Waals surface area contributed by atoms with Gasteiger partial charge in [-0.2, -0.15) is 0 Å². The van der Waals surface area contributed by atoms with Crippen molar-refractivity contribution in [3.05, 3.63) is 40.0 Å². The first kappa shape index (κ1) is 17.8. The molecule has 1 unspecified atom stereocenters. The van der Waals surface area contributed by atoms with Crippen molar-refractivity contribution in [3.8, 4) is 0 Å². The molecule has 0 bridgehead atoms. The van der Waals surface area contributed by atoms with Crippen LogP contribution in [0.1, 0.15) is 34.0 Å². The number of carbonyl (C=O) groups excluding carboxylic acids is 1. The van der Waals surface area contributed by atoms with Crippen LogP contribution >= 0.6 is 11.3 Å². The summed E-state index contributed by atoms with van der Waals surface area (Å²) in [6, 6.07) is 3.49. The molecule has 1 atom stereocenters. The highest BCUT2D eigenvalue weighted by Gasteiger charge is 2.25. The minimum atomic E-state index is -3.00. The highest BCUT2D eigenvalue weighted by Crippen LogP contribution is 2.21. The predicted molar refractivity (Wildman–Crippen MR) is 97.7 cm³/mol. The fourth-order valence-corrected chi connectivity index (χ4v) is 4.56. The number of thiazole rings is 1. The summed E-state index contributed by atoms with van der Waals surface area (Å²) in [5.74, 6) is 0.531. The van der Waals surface area contributed by atoms with Crippen LogP contribution in [0.15, 0.2) is 23.7 Å². The van der Waals surface area contributed by atoms with Crippen LogP contribution in [-0.2, 0) is 9.84 Å². The predicted octanol–water partition coefficient (Wildman–Crippen LogP) is 1.89. The molecule has 0 spiro atoms. The summed E-state index contributed by atoms with van der Waals surface area (Å²) < 4.78 is 22.9. The Hall–Kier alpha value is -2.00. The van der Waals surface area contributed by atoms with Gasteiger partial charge in [0.05, 0.1) is 23.1 Å². The third-order valence-corrected chi connectivity index (χ3v) is 6.77. The molecule has 2 aromatic rings. The zero-order chi connectivity index (χ0) is 18.0. The van der Waals surface area contributed by atoms with Gasteiger partial charge in [-0.1, -0.05) is 0 Å². The highest BCUT2D eigenvalue weighted by molar-refractivity contribution is 7.91. The smallest absolute Gasteiger partial charge is 0.255 e. The molecule has 1 saturated heterocycles. The average Bonchev–Trinajstić information content (AvgIpc) is 3.02. The second-order valence-electron chi connectivity index (χ2n) is 6.07. The topological polar surface area (TPSA) is 92.3 Å². The molecule has 9 heteroatoms. The second kappa shape index (κ2) is 7.09. The van der Waals surface area contributed by atoms with Gasteiger partial charge in [0.15, 0.2) is 9.84 Å². The molecule has 0 aliphatic carbocycles. The third kappa shape index (κ3) is 4.35. The van der Waals surface area contributed by atoms with Crippen molar-refractivity contribution in [2.75, 3.05) is 29.9 Å². The molecular formula is C16H20N4O3S2. The summed E-state index contributed by atoms with van der Waals surface area (Å²) in [5, 5.41) is 6.24. The van der Waals surface area contributed by atoms with Gasteiger partial charge < -0.3 is 10.2 Å². The van der Waals surface area contributed by atoms with E-state index in [0.717, 1.165) is 10.7 Å². The molecule has 3 rings (SSSR count). The molecule has 1 N–H and O–H groups in total. The largest absolute Gasteiger partial charge is 0.361 e. The molecule has 134 valence electrons. The fourth-order valence-electron chi connectivity index (χ4n) is 2.56. The van der Waals surface area contributed by atoms with E-state index in [1.807, 2.05) is 19.2 Å². The quantitative estimate of drug-likeness (QED) is 0.871. The first-order valence-corrected chi connectivity index (χ1v) is 10.7. The van der Waals surface area contributed by atoms with Crippen LogP contribution in [0.4, 0.5) is 5.82 Å². The summed E-state index contributed by atoms with van der Waals surface area (Å²) in [6.07, 6.45) is 1.52. The summed E-state index contributed by atoms with van der Waals surface area (Å²) in [7, 11) is -3.00. The number of sulfone groups is 1. The summed E-state index contributed by atoms with van der Waals surface area (Å²) in [6.45, 7) is 4.44. The van der Waals surface area contributed by atoms with Crippen LogP contribution in [0.25, 0.3) is 0 Å². The van der Waals surface area contributed by atoms with Gasteiger partial charge in [0.1, 0.15) is 10.8 Å². The summed E-state index contributed by atoms with van der Waals surface area (Å²) >= 11 is 1.59. The van der Waals surface area contributed by atoms with Crippen molar-refractivity contribution in [2.45, 2.75) is 19.9 Å². The maximum atomic E-state index is 12.4. The third-order valence-electron chi connectivity index (χ3n) is 4.01. The van der Waals surface area contributed by atoms with Gasteiger partial charge in [-0.05, 0) is 26.0 Å². The number of nitrogens with one attached hydrogen (secondary N) is 1. The Bertz CT molecular complexity index is 848. The molecule has 1 amide bonds. The molecule has 0 aromatic carbocycles. The van der Waals surface area contributed by atoms with Crippen LogP contribution in [0.5, 0.6) is 0 Å². The van der Waals surface area contributed by atoms with Crippen LogP contribution in [0, 0.1) is 6.92 Å². The van der Waals surface area contributed by atoms with Gasteiger partial charge in [0, 0.05) is 30.4 Å². The molecule has 7 nitrogen and oxygen atoms in total. The fraction of sp³-hybridized carbons (Fsp3) is 0.438. The minimum absolute atomic E-state index is 0.0244. The van der Waals surface area contributed by atoms with E-state index in [4.69, 9.17) is 0 Å². The number of rotatable bonds is 4. The first-order valence-electron chi connectivity index (χ1n) is 7.98. The van der Waals surface area contributed by atoms with Crippen molar-refractivity contribution in [2.24, 2.45) is 0 Å². The van der Waals surface area contributed by atoms with Crippen molar-refractivity contribution < 1.29 is 13.2 Å². The zero-order valence-electron chi connectivity index (χ0n) is 14.1. The normalized spacial score (nSPS) is 17.9. The minimum Gasteiger partial charge on any atom is -0.361 e. The summed E-state index contributed by atoms with van der Waals surface area (Å²) in [4.78, 5) is 22.7. The Morgan fingerprint density at radius 3 is 2.60 bits per heavy atom. The van der Waals surface area contributed by atoms with Crippen LogP contribution in [0.2, 0.25) is 0 Å². The highest BCUT2D eigenvalue weighted by atomic mass is 32.2. The Morgan fingerprint density at radius 1 is 1.32 bits per heavy atom. The maximum absolute atomic E-state index is 12.4. The number of aryl methyl sites for hydroxylation is 1. The van der Waals surface area contributed by atoms with Crippen LogP contribution < -0.4 is 5.32 Å². The van der Waals surface area contributed by atoms with Gasteiger partial charge in [-0.25, -0.2) is 18.4 Å². The van der Waals surface area contributed by atoms with Gasteiger partial charge in [-0.15, -0.1) is 11.3 Å². The molecule has 0 radical (unpaired) electrons. The van der Waals surface area contributed by atoms with E-state index in [-0.39, 0.29) is 36.5 Å². The molecule has 1 fully saturated rings. The molecule has 0 saturated carbocycles. The van der Waals surface area contributed by atoms with Crippen molar-refractivity contribution in [1.82, 2.24) is 14.9 Å². The van der Waals surface area contributed by atoms with E-state index in [1.165, 1.54) is 6.20 Å². The lowest BCUT2D eigenvalue weighted by Gasteiger charge is -2.26. The van der Waals surface area contributed by atoms with Crippen molar-refractivity contribution >= 4 is 32.9 Å². The SMILES string of the molecule is Cc1csc(C(C)Nc2ccc(C(=O)N3CCS(=O)(=O)CC3)cn2)n1. The molecular weight excluding hydrogens is 360 g/mol. The molecule has 3 heterocycles. The number of aromatic nitrogens is 2. The van der Waals surface area contributed by atoms with Crippen LogP contribution in [-0.4, -0.2) is 53.8 Å². The molecule has 1 aliphatic heterocycles. The van der Waals surface area contributed by atoms with Crippen molar-refractivity contribution in [3.63, 3.8) is 0 Å². The first-order chi connectivity index (χ1) is 11.8. The number of carbonyl (C=O) groups is 1. The van der Waals surface area contributed by atoms with E-state index < -0.39 is 9.84 Å². The number of hydrogen-bond donors (Lipinski definition) is 1. The van der Waals surface area contributed by atoms with E-state index in [2.05, 4.69) is 15.3 Å². The number of amides is 1. The van der Waals surface area contributed by atoms with E-state index >= 15 is 0 Å². The zero-order valence-corrected chi connectivity index (χ0v) is 15.7. The number of anilines is 1. The lowest BCUT2D eigenvalue weighted by molar-refractivity contribution is 0.0770. The lowest BCUT2D eigenvalue weighted by atomic mass is 10.2. The monoisotopic (exact) mass is 380 g/mol. The average molecular weight is 380 g/mol. The number of pyridine rings is 1. The van der Waals surface area contributed by atoms with Gasteiger partial charge in [0.2, 0.25) is 0 Å². The van der Waals surface area contributed by atoms with Crippen LogP contribution in [0.3, 0.4) is 0 Å². The maximum Gasteiger partial charge on any atom is 0.255 e. The van der Waals surface area contributed by atoms with E-state index in [0.29, 0.717) is 11.4 Å². The van der Waals surface area contributed by atoms with Gasteiger partial charge >= 0.3 is 0 Å². The molecule has 25 heavy (non-hydrogen) atoms. The lowest BCUT2D eigenvalue weighted by Crippen LogP contribution is -2.43. The Balaban J connectivity index is 1.63. The number of nitrogens with zero attached hydrogens (tertiary/aromatic N) is 3. The van der Waals surface area contributed by atoms with E-state index in [1.54, 1.807) is 28.4 Å². The second-order valence-corrected chi connectivity index (χ2v) is 9.26. The Kier molecular flexibility index (Phi) is 5.05. The van der Waals surface area contributed by atoms with Gasteiger partial charge in [-0.3, -0.25) is 4.79 Å². The standard InChI is InChI=1S/C16H20N4O3S2/c1-11-10-24-15(18-11)12(2)19-14-4-3-13(9-17-14)16(21)20-5-7-25(22,23)8-6-20/h3-4,9-10,12H,5-8H2,1-2H3,(H,17,19).